The van der Waals surface area contributed by atoms with E-state index in [1.165, 1.54) is 64.5 Å². The molecule has 1 aliphatic carbocycles. The Balaban J connectivity index is 2.50. The molecule has 1 saturated carbocycles. The molecule has 18 heavy (non-hydrogen) atoms. The van der Waals surface area contributed by atoms with Crippen LogP contribution >= 0.6 is 0 Å². The molecule has 2 nitrogen and oxygen atoms in total. The molecule has 0 aromatic carbocycles. The summed E-state index contributed by atoms with van der Waals surface area (Å²) in [5, 5.41) is 0. The zero-order chi connectivity index (χ0) is 13.4. The maximum absolute atomic E-state index is 6.37. The number of nitrogens with two attached hydrogens (primary N) is 1. The normalized spacial score (nSPS) is 27.2. The fraction of sp³-hybridized carbons (Fsp3) is 1.00. The highest BCUT2D eigenvalue weighted by Gasteiger charge is 2.24. The Hall–Kier alpha value is -0.0800. The van der Waals surface area contributed by atoms with E-state index in [0.29, 0.717) is 12.1 Å². The summed E-state index contributed by atoms with van der Waals surface area (Å²) in [5.41, 5.74) is 6.37. The Morgan fingerprint density at radius 1 is 1.17 bits per heavy atom. The van der Waals surface area contributed by atoms with Gasteiger partial charge in [-0.2, -0.15) is 0 Å². The number of rotatable bonds is 7. The van der Waals surface area contributed by atoms with Crippen molar-refractivity contribution in [2.24, 2.45) is 11.7 Å². The lowest BCUT2D eigenvalue weighted by molar-refractivity contribution is 0.155. The first-order valence-electron chi connectivity index (χ1n) is 8.18. The topological polar surface area (TPSA) is 29.3 Å². The van der Waals surface area contributed by atoms with Crippen molar-refractivity contribution in [2.75, 3.05) is 13.1 Å². The molecule has 1 rings (SSSR count). The van der Waals surface area contributed by atoms with Crippen LogP contribution in [-0.4, -0.2) is 30.1 Å². The smallest absolute Gasteiger partial charge is 0.00793 e. The van der Waals surface area contributed by atoms with Crippen LogP contribution in [0.15, 0.2) is 0 Å². The molecule has 0 amide bonds. The molecule has 108 valence electrons. The molecule has 2 N–H and O–H groups in total. The molecule has 1 aliphatic rings. The summed E-state index contributed by atoms with van der Waals surface area (Å²) in [5.74, 6) is 0.735. The van der Waals surface area contributed by atoms with Crippen molar-refractivity contribution in [2.45, 2.75) is 84.2 Å². The van der Waals surface area contributed by atoms with Gasteiger partial charge in [-0.15, -0.1) is 0 Å². The molecule has 0 saturated heterocycles. The van der Waals surface area contributed by atoms with Crippen LogP contribution in [0.25, 0.3) is 0 Å². The van der Waals surface area contributed by atoms with E-state index in [2.05, 4.69) is 25.7 Å². The van der Waals surface area contributed by atoms with E-state index < -0.39 is 0 Å². The number of hydrogen-bond acceptors (Lipinski definition) is 2. The molecular weight excluding hydrogens is 220 g/mol. The summed E-state index contributed by atoms with van der Waals surface area (Å²) in [6.45, 7) is 9.45. The van der Waals surface area contributed by atoms with E-state index in [1.807, 2.05) is 0 Å². The molecule has 3 atom stereocenters. The average molecular weight is 254 g/mol. The lowest BCUT2D eigenvalue weighted by Crippen LogP contribution is -2.42. The maximum Gasteiger partial charge on any atom is 0.00793 e. The van der Waals surface area contributed by atoms with E-state index in [-0.39, 0.29) is 0 Å². The van der Waals surface area contributed by atoms with Gasteiger partial charge in [0, 0.05) is 18.6 Å². The van der Waals surface area contributed by atoms with Gasteiger partial charge in [0.2, 0.25) is 0 Å². The SMILES string of the molecule is CCCCN(CC1CCCCCC1N)C(C)CC. The van der Waals surface area contributed by atoms with Crippen LogP contribution < -0.4 is 5.73 Å². The minimum Gasteiger partial charge on any atom is -0.327 e. The molecule has 0 heterocycles. The minimum atomic E-state index is 0.445. The molecule has 0 aliphatic heterocycles. The van der Waals surface area contributed by atoms with Crippen molar-refractivity contribution < 1.29 is 0 Å². The van der Waals surface area contributed by atoms with E-state index in [0.717, 1.165) is 5.92 Å². The van der Waals surface area contributed by atoms with E-state index >= 15 is 0 Å². The van der Waals surface area contributed by atoms with Crippen molar-refractivity contribution in [3.8, 4) is 0 Å². The van der Waals surface area contributed by atoms with Gasteiger partial charge in [0.05, 0.1) is 0 Å². The quantitative estimate of drug-likeness (QED) is 0.700. The Morgan fingerprint density at radius 3 is 2.56 bits per heavy atom. The summed E-state index contributed by atoms with van der Waals surface area (Å²) in [7, 11) is 0. The fourth-order valence-electron chi connectivity index (χ4n) is 3.05. The van der Waals surface area contributed by atoms with Gasteiger partial charge in [-0.3, -0.25) is 0 Å². The standard InChI is InChI=1S/C16H34N2/c1-4-6-12-18(14(3)5-2)13-15-10-8-7-9-11-16(15)17/h14-16H,4-13,17H2,1-3H3. The monoisotopic (exact) mass is 254 g/mol. The van der Waals surface area contributed by atoms with Crippen LogP contribution in [0.1, 0.15) is 72.1 Å². The van der Waals surface area contributed by atoms with Gasteiger partial charge in [-0.25, -0.2) is 0 Å². The van der Waals surface area contributed by atoms with E-state index in [4.69, 9.17) is 5.73 Å². The summed E-state index contributed by atoms with van der Waals surface area (Å²) in [6, 6.07) is 1.16. The second-order valence-electron chi connectivity index (χ2n) is 6.17. The zero-order valence-corrected chi connectivity index (χ0v) is 12.8. The number of unbranched alkanes of at least 4 members (excludes halogenated alkanes) is 1. The highest BCUT2D eigenvalue weighted by molar-refractivity contribution is 4.80. The van der Waals surface area contributed by atoms with Crippen LogP contribution in [0.2, 0.25) is 0 Å². The predicted molar refractivity (Wildman–Crippen MR) is 80.8 cm³/mol. The summed E-state index contributed by atoms with van der Waals surface area (Å²) < 4.78 is 0. The lowest BCUT2D eigenvalue weighted by atomic mass is 9.94. The molecule has 2 heteroatoms. The van der Waals surface area contributed by atoms with E-state index in [9.17, 15) is 0 Å². The van der Waals surface area contributed by atoms with Gasteiger partial charge in [-0.05, 0) is 45.1 Å². The van der Waals surface area contributed by atoms with Crippen LogP contribution in [0, 0.1) is 5.92 Å². The van der Waals surface area contributed by atoms with E-state index in [1.54, 1.807) is 0 Å². The number of nitrogens with zero attached hydrogens (tertiary/aromatic N) is 1. The van der Waals surface area contributed by atoms with Gasteiger partial charge in [0.15, 0.2) is 0 Å². The second-order valence-corrected chi connectivity index (χ2v) is 6.17. The average Bonchev–Trinajstić information content (AvgIpc) is 2.58. The van der Waals surface area contributed by atoms with Gasteiger partial charge < -0.3 is 10.6 Å². The van der Waals surface area contributed by atoms with Crippen LogP contribution in [-0.2, 0) is 0 Å². The molecule has 0 aromatic rings. The first kappa shape index (κ1) is 16.0. The summed E-state index contributed by atoms with van der Waals surface area (Å²) in [4.78, 5) is 2.69. The Morgan fingerprint density at radius 2 is 1.89 bits per heavy atom. The van der Waals surface area contributed by atoms with Crippen molar-refractivity contribution >= 4 is 0 Å². The molecular formula is C16H34N2. The zero-order valence-electron chi connectivity index (χ0n) is 12.8. The lowest BCUT2D eigenvalue weighted by Gasteiger charge is -2.34. The Labute approximate surface area is 114 Å². The highest BCUT2D eigenvalue weighted by Crippen LogP contribution is 2.24. The third-order valence-corrected chi connectivity index (χ3v) is 4.70. The molecule has 0 radical (unpaired) electrons. The molecule has 0 spiro atoms. The molecule has 0 bridgehead atoms. The maximum atomic E-state index is 6.37. The van der Waals surface area contributed by atoms with Gasteiger partial charge in [0.25, 0.3) is 0 Å². The largest absolute Gasteiger partial charge is 0.327 e. The van der Waals surface area contributed by atoms with Crippen molar-refractivity contribution in [1.82, 2.24) is 4.90 Å². The summed E-state index contributed by atoms with van der Waals surface area (Å²) in [6.07, 6.45) is 10.6. The van der Waals surface area contributed by atoms with Crippen molar-refractivity contribution in [3.63, 3.8) is 0 Å². The first-order chi connectivity index (χ1) is 8.69. The molecule has 3 unspecified atom stereocenters. The van der Waals surface area contributed by atoms with Crippen LogP contribution in [0.5, 0.6) is 0 Å². The Bertz CT molecular complexity index is 205. The fourth-order valence-corrected chi connectivity index (χ4v) is 3.05. The predicted octanol–water partition coefficient (Wildman–Crippen LogP) is 3.79. The first-order valence-corrected chi connectivity index (χ1v) is 8.18. The minimum absolute atomic E-state index is 0.445. The summed E-state index contributed by atoms with van der Waals surface area (Å²) >= 11 is 0. The van der Waals surface area contributed by atoms with Gasteiger partial charge >= 0.3 is 0 Å². The molecule has 0 aromatic heterocycles. The Kier molecular flexibility index (Phi) is 7.92. The van der Waals surface area contributed by atoms with Crippen LogP contribution in [0.3, 0.4) is 0 Å². The van der Waals surface area contributed by atoms with Crippen LogP contribution in [0.4, 0.5) is 0 Å². The van der Waals surface area contributed by atoms with Gasteiger partial charge in [0.1, 0.15) is 0 Å². The number of hydrogen-bond donors (Lipinski definition) is 1. The van der Waals surface area contributed by atoms with Gasteiger partial charge in [-0.1, -0.05) is 39.5 Å². The molecule has 1 fully saturated rings. The third-order valence-electron chi connectivity index (χ3n) is 4.70. The highest BCUT2D eigenvalue weighted by atomic mass is 15.1. The third kappa shape index (κ3) is 5.27. The second kappa shape index (κ2) is 8.92. The van der Waals surface area contributed by atoms with Crippen molar-refractivity contribution in [3.05, 3.63) is 0 Å². The van der Waals surface area contributed by atoms with Crippen molar-refractivity contribution in [1.29, 1.82) is 0 Å².